The maximum absolute atomic E-state index is 10.3. The Morgan fingerprint density at radius 2 is 2.50 bits per heavy atom. The van der Waals surface area contributed by atoms with Crippen molar-refractivity contribution in [1.29, 1.82) is 0 Å². The fourth-order valence-electron chi connectivity index (χ4n) is 0.749. The summed E-state index contributed by atoms with van der Waals surface area (Å²) in [6.45, 7) is 3.92. The number of hydrogen-bond acceptors (Lipinski definition) is 4. The van der Waals surface area contributed by atoms with Gasteiger partial charge in [-0.3, -0.25) is 4.79 Å². The lowest BCUT2D eigenvalue weighted by molar-refractivity contribution is -0.136. The minimum absolute atomic E-state index is 0.166. The van der Waals surface area contributed by atoms with E-state index in [4.69, 9.17) is 5.11 Å². The quantitative estimate of drug-likeness (QED) is 0.612. The van der Waals surface area contributed by atoms with E-state index in [0.717, 1.165) is 0 Å². The summed E-state index contributed by atoms with van der Waals surface area (Å²) >= 11 is 0. The Balaban J connectivity index is 2.76. The van der Waals surface area contributed by atoms with Crippen LogP contribution in [0.4, 0.5) is 0 Å². The first kappa shape index (κ1) is 8.38. The van der Waals surface area contributed by atoms with E-state index in [1.54, 1.807) is 6.08 Å². The lowest BCUT2D eigenvalue weighted by atomic mass is 10.4. The van der Waals surface area contributed by atoms with E-state index in [0.29, 0.717) is 12.4 Å². The second-order valence-electron chi connectivity index (χ2n) is 2.14. The number of carbonyl (C=O) groups is 1. The van der Waals surface area contributed by atoms with Gasteiger partial charge in [0.05, 0.1) is 6.54 Å². The third kappa shape index (κ3) is 1.88. The molecule has 1 rings (SSSR count). The molecule has 6 heteroatoms. The molecule has 0 saturated carbocycles. The number of allylic oxidation sites excluding steroid dienone is 1. The summed E-state index contributed by atoms with van der Waals surface area (Å²) in [6, 6.07) is 0. The Morgan fingerprint density at radius 3 is 3.08 bits per heavy atom. The Kier molecular flexibility index (Phi) is 2.52. The van der Waals surface area contributed by atoms with Gasteiger partial charge in [-0.1, -0.05) is 6.08 Å². The molecule has 0 atom stereocenters. The van der Waals surface area contributed by atoms with E-state index in [1.807, 2.05) is 0 Å². The van der Waals surface area contributed by atoms with Crippen LogP contribution in [0.15, 0.2) is 12.7 Å². The summed E-state index contributed by atoms with van der Waals surface area (Å²) in [6.07, 6.45) is 1.43. The first-order valence-electron chi connectivity index (χ1n) is 3.31. The van der Waals surface area contributed by atoms with Crippen LogP contribution >= 0.6 is 0 Å². The third-order valence-corrected chi connectivity index (χ3v) is 1.22. The van der Waals surface area contributed by atoms with Gasteiger partial charge < -0.3 is 5.11 Å². The average Bonchev–Trinajstić information content (AvgIpc) is 2.37. The average molecular weight is 168 g/mol. The molecule has 0 radical (unpaired) electrons. The molecule has 0 aliphatic heterocycles. The van der Waals surface area contributed by atoms with Crippen LogP contribution in [0.1, 0.15) is 5.82 Å². The van der Waals surface area contributed by atoms with Gasteiger partial charge in [0.25, 0.3) is 0 Å². The third-order valence-electron chi connectivity index (χ3n) is 1.22. The molecule has 1 N–H and O–H groups in total. The molecule has 0 unspecified atom stereocenters. The number of aromatic nitrogens is 4. The highest BCUT2D eigenvalue weighted by Crippen LogP contribution is 1.93. The van der Waals surface area contributed by atoms with Gasteiger partial charge in [0.1, 0.15) is 6.42 Å². The van der Waals surface area contributed by atoms with Crippen LogP contribution in [0.5, 0.6) is 0 Å². The maximum atomic E-state index is 10.3. The smallest absolute Gasteiger partial charge is 0.311 e. The van der Waals surface area contributed by atoms with Crippen LogP contribution in [-0.2, 0) is 17.8 Å². The van der Waals surface area contributed by atoms with Gasteiger partial charge in [-0.15, -0.1) is 11.7 Å². The monoisotopic (exact) mass is 168 g/mol. The van der Waals surface area contributed by atoms with Crippen molar-refractivity contribution < 1.29 is 9.90 Å². The first-order valence-corrected chi connectivity index (χ1v) is 3.31. The van der Waals surface area contributed by atoms with E-state index >= 15 is 0 Å². The van der Waals surface area contributed by atoms with Crippen molar-refractivity contribution >= 4 is 5.97 Å². The Hall–Kier alpha value is -1.72. The minimum Gasteiger partial charge on any atom is -0.481 e. The molecule has 0 amide bonds. The van der Waals surface area contributed by atoms with Crippen LogP contribution in [0, 0.1) is 0 Å². The van der Waals surface area contributed by atoms with Crippen molar-refractivity contribution in [3.8, 4) is 0 Å². The zero-order valence-electron chi connectivity index (χ0n) is 6.34. The van der Waals surface area contributed by atoms with E-state index in [-0.39, 0.29) is 6.42 Å². The molecule has 0 bridgehead atoms. The van der Waals surface area contributed by atoms with E-state index < -0.39 is 5.97 Å². The number of hydrogen-bond donors (Lipinski definition) is 1. The standard InChI is InChI=1S/C6H8N4O2/c1-2-3-10-5(4-6(11)12)7-8-9-10/h2H,1,3-4H2,(H,11,12). The Morgan fingerprint density at radius 1 is 1.75 bits per heavy atom. The molecule has 0 saturated heterocycles. The predicted octanol–water partition coefficient (Wildman–Crippen LogP) is -0.514. The van der Waals surface area contributed by atoms with Crippen LogP contribution in [-0.4, -0.2) is 31.3 Å². The Labute approximate surface area is 68.5 Å². The van der Waals surface area contributed by atoms with Gasteiger partial charge >= 0.3 is 5.97 Å². The molecular formula is C6H8N4O2. The topological polar surface area (TPSA) is 80.9 Å². The number of tetrazole rings is 1. The maximum Gasteiger partial charge on any atom is 0.311 e. The number of carboxylic acid groups (broad SMARTS) is 1. The summed E-state index contributed by atoms with van der Waals surface area (Å²) in [5.74, 6) is -0.613. The van der Waals surface area contributed by atoms with E-state index in [1.165, 1.54) is 4.68 Å². The molecular weight excluding hydrogens is 160 g/mol. The summed E-state index contributed by atoms with van der Waals surface area (Å²) < 4.78 is 1.39. The minimum atomic E-state index is -0.949. The summed E-state index contributed by atoms with van der Waals surface area (Å²) in [4.78, 5) is 10.3. The highest BCUT2D eigenvalue weighted by Gasteiger charge is 2.08. The first-order chi connectivity index (χ1) is 5.74. The van der Waals surface area contributed by atoms with Gasteiger partial charge in [0.15, 0.2) is 5.82 Å². The van der Waals surface area contributed by atoms with Gasteiger partial charge in [0.2, 0.25) is 0 Å². The largest absolute Gasteiger partial charge is 0.481 e. The fourth-order valence-corrected chi connectivity index (χ4v) is 0.749. The van der Waals surface area contributed by atoms with Crippen LogP contribution in [0.2, 0.25) is 0 Å². The molecule has 0 aromatic carbocycles. The van der Waals surface area contributed by atoms with Crippen LogP contribution < -0.4 is 0 Å². The van der Waals surface area contributed by atoms with Gasteiger partial charge in [-0.25, -0.2) is 4.68 Å². The zero-order valence-corrected chi connectivity index (χ0v) is 6.34. The SMILES string of the molecule is C=CCn1nnnc1CC(=O)O. The van der Waals surface area contributed by atoms with Gasteiger partial charge in [-0.2, -0.15) is 0 Å². The zero-order chi connectivity index (χ0) is 8.97. The molecule has 6 nitrogen and oxygen atoms in total. The molecule has 0 aliphatic rings. The van der Waals surface area contributed by atoms with Crippen molar-refractivity contribution in [2.45, 2.75) is 13.0 Å². The molecule has 0 fully saturated rings. The van der Waals surface area contributed by atoms with Crippen molar-refractivity contribution in [2.24, 2.45) is 0 Å². The van der Waals surface area contributed by atoms with E-state index in [2.05, 4.69) is 22.1 Å². The highest BCUT2D eigenvalue weighted by atomic mass is 16.4. The van der Waals surface area contributed by atoms with E-state index in [9.17, 15) is 4.79 Å². The molecule has 1 aromatic heterocycles. The van der Waals surface area contributed by atoms with Crippen molar-refractivity contribution in [3.63, 3.8) is 0 Å². The predicted molar refractivity (Wildman–Crippen MR) is 39.4 cm³/mol. The molecule has 1 aromatic rings. The molecule has 0 aliphatic carbocycles. The Bertz CT molecular complexity index is 293. The van der Waals surface area contributed by atoms with Gasteiger partial charge in [0, 0.05) is 0 Å². The number of carboxylic acids is 1. The summed E-state index contributed by atoms with van der Waals surface area (Å²) in [7, 11) is 0. The summed E-state index contributed by atoms with van der Waals surface area (Å²) in [5, 5.41) is 18.9. The normalized spacial score (nSPS) is 9.67. The van der Waals surface area contributed by atoms with Gasteiger partial charge in [-0.05, 0) is 10.4 Å². The highest BCUT2D eigenvalue weighted by molar-refractivity contribution is 5.68. The molecule has 1 heterocycles. The lowest BCUT2D eigenvalue weighted by Gasteiger charge is -1.96. The fraction of sp³-hybridized carbons (Fsp3) is 0.333. The van der Waals surface area contributed by atoms with Crippen LogP contribution in [0.3, 0.4) is 0 Å². The second-order valence-corrected chi connectivity index (χ2v) is 2.14. The molecule has 12 heavy (non-hydrogen) atoms. The second kappa shape index (κ2) is 3.61. The van der Waals surface area contributed by atoms with Crippen molar-refractivity contribution in [1.82, 2.24) is 20.2 Å². The van der Waals surface area contributed by atoms with Crippen molar-refractivity contribution in [3.05, 3.63) is 18.5 Å². The molecule has 64 valence electrons. The number of nitrogens with zero attached hydrogens (tertiary/aromatic N) is 4. The number of aliphatic carboxylic acids is 1. The van der Waals surface area contributed by atoms with Crippen molar-refractivity contribution in [2.75, 3.05) is 0 Å². The number of rotatable bonds is 4. The summed E-state index contributed by atoms with van der Waals surface area (Å²) in [5.41, 5.74) is 0. The van der Waals surface area contributed by atoms with Crippen LogP contribution in [0.25, 0.3) is 0 Å². The lowest BCUT2D eigenvalue weighted by Crippen LogP contribution is -2.09. The molecule has 0 spiro atoms.